The van der Waals surface area contributed by atoms with Crippen molar-refractivity contribution in [2.24, 2.45) is 5.41 Å². The summed E-state index contributed by atoms with van der Waals surface area (Å²) >= 11 is 0. The predicted octanol–water partition coefficient (Wildman–Crippen LogP) is 3.80. The number of aliphatic hydroxyl groups is 1. The number of aliphatic hydroxyl groups excluding tert-OH is 1. The molecule has 0 saturated carbocycles. The van der Waals surface area contributed by atoms with Crippen molar-refractivity contribution < 1.29 is 9.84 Å². The molecule has 1 N–H and O–H groups in total. The van der Waals surface area contributed by atoms with Crippen molar-refractivity contribution in [3.63, 3.8) is 0 Å². The monoisotopic (exact) mass is 394 g/mol. The van der Waals surface area contributed by atoms with Gasteiger partial charge in [0.15, 0.2) is 0 Å². The minimum atomic E-state index is 0.0214. The van der Waals surface area contributed by atoms with E-state index in [0.29, 0.717) is 12.6 Å². The van der Waals surface area contributed by atoms with E-state index >= 15 is 0 Å². The van der Waals surface area contributed by atoms with Crippen molar-refractivity contribution >= 4 is 0 Å². The Morgan fingerprint density at radius 1 is 0.931 bits per heavy atom. The van der Waals surface area contributed by atoms with Gasteiger partial charge in [0, 0.05) is 32.3 Å². The third-order valence-corrected chi connectivity index (χ3v) is 6.85. The minimum Gasteiger partial charge on any atom is -0.494 e. The summed E-state index contributed by atoms with van der Waals surface area (Å²) in [5.41, 5.74) is 1.43. The molecular weight excluding hydrogens is 360 g/mol. The lowest BCUT2D eigenvalue weighted by molar-refractivity contribution is 0.0138. The zero-order chi connectivity index (χ0) is 19.9. The molecule has 0 aliphatic carbocycles. The van der Waals surface area contributed by atoms with Gasteiger partial charge < -0.3 is 9.84 Å². The summed E-state index contributed by atoms with van der Waals surface area (Å²) in [5, 5.41) is 10.1. The van der Waals surface area contributed by atoms with Gasteiger partial charge in [-0.15, -0.1) is 0 Å². The Morgan fingerprint density at radius 2 is 1.62 bits per heavy atom. The molecule has 0 spiro atoms. The first kappa shape index (κ1) is 20.4. The van der Waals surface area contributed by atoms with Crippen LogP contribution in [0.5, 0.6) is 5.75 Å². The van der Waals surface area contributed by atoms with Gasteiger partial charge in [-0.2, -0.15) is 0 Å². The maximum absolute atomic E-state index is 10.1. The van der Waals surface area contributed by atoms with Gasteiger partial charge in [0.05, 0.1) is 6.61 Å². The van der Waals surface area contributed by atoms with E-state index in [1.807, 2.05) is 30.3 Å². The fraction of sp³-hybridized carbons (Fsp3) is 0.520. The van der Waals surface area contributed by atoms with Crippen LogP contribution >= 0.6 is 0 Å². The van der Waals surface area contributed by atoms with Crippen LogP contribution in [0.3, 0.4) is 0 Å². The maximum atomic E-state index is 10.1. The highest BCUT2D eigenvalue weighted by Crippen LogP contribution is 2.36. The van der Waals surface area contributed by atoms with Gasteiger partial charge >= 0.3 is 0 Å². The van der Waals surface area contributed by atoms with Gasteiger partial charge in [-0.1, -0.05) is 48.5 Å². The highest BCUT2D eigenvalue weighted by atomic mass is 16.5. The van der Waals surface area contributed by atoms with Gasteiger partial charge in [0.25, 0.3) is 0 Å². The van der Waals surface area contributed by atoms with Crippen LogP contribution in [0.1, 0.15) is 31.2 Å². The van der Waals surface area contributed by atoms with E-state index < -0.39 is 0 Å². The van der Waals surface area contributed by atoms with Crippen molar-refractivity contribution in [1.82, 2.24) is 9.80 Å². The summed E-state index contributed by atoms with van der Waals surface area (Å²) in [7, 11) is 0. The maximum Gasteiger partial charge on any atom is 0.119 e. The molecule has 2 aromatic rings. The van der Waals surface area contributed by atoms with Crippen LogP contribution in [0, 0.1) is 5.41 Å². The summed E-state index contributed by atoms with van der Waals surface area (Å²) in [6.07, 6.45) is 4.32. The summed E-state index contributed by atoms with van der Waals surface area (Å²) in [6.45, 7) is 6.54. The third kappa shape index (κ3) is 5.39. The zero-order valence-corrected chi connectivity index (χ0v) is 17.4. The molecule has 2 fully saturated rings. The number of nitrogens with zero attached hydrogens (tertiary/aromatic N) is 2. The molecule has 2 aromatic carbocycles. The Bertz CT molecular complexity index is 729. The average molecular weight is 395 g/mol. The Morgan fingerprint density at radius 3 is 2.31 bits per heavy atom. The average Bonchev–Trinajstić information content (AvgIpc) is 3.24. The first-order valence-corrected chi connectivity index (χ1v) is 11.1. The lowest BCUT2D eigenvalue weighted by Crippen LogP contribution is -2.47. The number of benzene rings is 2. The lowest BCUT2D eigenvalue weighted by atomic mass is 9.76. The highest BCUT2D eigenvalue weighted by molar-refractivity contribution is 5.20. The Labute approximate surface area is 175 Å². The molecule has 0 unspecified atom stereocenters. The first-order chi connectivity index (χ1) is 14.3. The first-order valence-electron chi connectivity index (χ1n) is 11.1. The van der Waals surface area contributed by atoms with Gasteiger partial charge in [0.1, 0.15) is 5.75 Å². The number of piperidine rings is 1. The van der Waals surface area contributed by atoms with E-state index in [2.05, 4.69) is 40.1 Å². The lowest BCUT2D eigenvalue weighted by Gasteiger charge is -2.43. The molecule has 4 rings (SSSR count). The van der Waals surface area contributed by atoms with E-state index in [1.165, 1.54) is 18.5 Å². The van der Waals surface area contributed by atoms with Crippen LogP contribution in [0.4, 0.5) is 0 Å². The predicted molar refractivity (Wildman–Crippen MR) is 117 cm³/mol. The Hall–Kier alpha value is -1.88. The number of ether oxygens (including phenoxy) is 1. The molecule has 2 heterocycles. The number of rotatable bonds is 8. The molecule has 4 nitrogen and oxygen atoms in total. The number of likely N-dealkylation sites (tertiary alicyclic amines) is 2. The van der Waals surface area contributed by atoms with E-state index in [4.69, 9.17) is 4.74 Å². The molecule has 1 atom stereocenters. The summed E-state index contributed by atoms with van der Waals surface area (Å²) in [4.78, 5) is 5.25. The van der Waals surface area contributed by atoms with E-state index in [9.17, 15) is 5.11 Å². The molecule has 0 radical (unpaired) electrons. The van der Waals surface area contributed by atoms with Gasteiger partial charge in [-0.05, 0) is 61.9 Å². The van der Waals surface area contributed by atoms with Crippen LogP contribution in [0.2, 0.25) is 0 Å². The topological polar surface area (TPSA) is 35.9 Å². The van der Waals surface area contributed by atoms with Crippen molar-refractivity contribution in [1.29, 1.82) is 0 Å². The van der Waals surface area contributed by atoms with Crippen molar-refractivity contribution in [3.05, 3.63) is 66.2 Å². The molecular formula is C25H34N2O2. The fourth-order valence-corrected chi connectivity index (χ4v) is 4.85. The van der Waals surface area contributed by atoms with Crippen LogP contribution in [-0.2, 0) is 6.54 Å². The van der Waals surface area contributed by atoms with Crippen molar-refractivity contribution in [2.75, 3.05) is 39.4 Å². The molecule has 0 aromatic heterocycles. The van der Waals surface area contributed by atoms with Crippen LogP contribution in [0.15, 0.2) is 60.7 Å². The SMILES string of the molecule is OCC1(CCOc2ccccc2)CCN([C@@H]2CCN(Cc3ccccc3)C2)CC1. The van der Waals surface area contributed by atoms with E-state index in [-0.39, 0.29) is 12.0 Å². The molecule has 29 heavy (non-hydrogen) atoms. The number of hydrogen-bond donors (Lipinski definition) is 1. The molecule has 156 valence electrons. The van der Waals surface area contributed by atoms with Crippen LogP contribution in [0.25, 0.3) is 0 Å². The molecule has 2 aliphatic rings. The standard InChI is InChI=1S/C25H34N2O2/c28-21-25(14-18-29-24-9-5-2-6-10-24)12-16-27(17-13-25)23-11-15-26(20-23)19-22-7-3-1-4-8-22/h1-10,23,28H,11-21H2/t23-/m1/s1. The summed E-state index contributed by atoms with van der Waals surface area (Å²) in [5.74, 6) is 0.919. The quantitative estimate of drug-likeness (QED) is 0.739. The Balaban J connectivity index is 1.22. The second kappa shape index (κ2) is 9.75. The third-order valence-electron chi connectivity index (χ3n) is 6.85. The largest absolute Gasteiger partial charge is 0.494 e. The second-order valence-electron chi connectivity index (χ2n) is 8.77. The Kier molecular flexibility index (Phi) is 6.86. The second-order valence-corrected chi connectivity index (χ2v) is 8.77. The summed E-state index contributed by atoms with van der Waals surface area (Å²) in [6, 6.07) is 21.4. The molecule has 0 bridgehead atoms. The van der Waals surface area contributed by atoms with Crippen LogP contribution < -0.4 is 4.74 Å². The van der Waals surface area contributed by atoms with Gasteiger partial charge in [0.2, 0.25) is 0 Å². The highest BCUT2D eigenvalue weighted by Gasteiger charge is 2.37. The number of para-hydroxylation sites is 1. The fourth-order valence-electron chi connectivity index (χ4n) is 4.85. The molecule has 2 aliphatic heterocycles. The van der Waals surface area contributed by atoms with Crippen molar-refractivity contribution in [2.45, 2.75) is 38.3 Å². The molecule has 0 amide bonds. The molecule has 2 saturated heterocycles. The van der Waals surface area contributed by atoms with E-state index in [0.717, 1.165) is 51.2 Å². The minimum absolute atomic E-state index is 0.0214. The van der Waals surface area contributed by atoms with Crippen molar-refractivity contribution in [3.8, 4) is 5.75 Å². The summed E-state index contributed by atoms with van der Waals surface area (Å²) < 4.78 is 5.90. The van der Waals surface area contributed by atoms with E-state index in [1.54, 1.807) is 0 Å². The smallest absolute Gasteiger partial charge is 0.119 e. The zero-order valence-electron chi connectivity index (χ0n) is 17.4. The van der Waals surface area contributed by atoms with Gasteiger partial charge in [-0.25, -0.2) is 0 Å². The normalized spacial score (nSPS) is 22.6. The van der Waals surface area contributed by atoms with Gasteiger partial charge in [-0.3, -0.25) is 9.80 Å². The van der Waals surface area contributed by atoms with Crippen LogP contribution in [-0.4, -0.2) is 60.3 Å². The number of hydrogen-bond acceptors (Lipinski definition) is 4. The molecule has 4 heteroatoms.